The van der Waals surface area contributed by atoms with E-state index in [1.54, 1.807) is 0 Å². The van der Waals surface area contributed by atoms with Gasteiger partial charge in [-0.3, -0.25) is 4.79 Å². The number of hydrogen-bond donors (Lipinski definition) is 0. The molecule has 196 valence electrons. The highest BCUT2D eigenvalue weighted by atomic mass is 32.2. The van der Waals surface area contributed by atoms with E-state index in [2.05, 4.69) is 10.1 Å². The van der Waals surface area contributed by atoms with Crippen LogP contribution in [0, 0.1) is 5.92 Å². The van der Waals surface area contributed by atoms with Gasteiger partial charge in [-0.2, -0.15) is 4.98 Å². The number of likely N-dealkylation sites (tertiary alicyclic amines) is 1. The van der Waals surface area contributed by atoms with Crippen molar-refractivity contribution >= 4 is 15.7 Å². The zero-order valence-corrected chi connectivity index (χ0v) is 20.6. The maximum atomic E-state index is 13.7. The van der Waals surface area contributed by atoms with E-state index in [9.17, 15) is 30.8 Å². The van der Waals surface area contributed by atoms with Crippen molar-refractivity contribution < 1.29 is 40.0 Å². The van der Waals surface area contributed by atoms with Crippen LogP contribution in [0.2, 0.25) is 0 Å². The molecular weight excluding hydrogens is 506 g/mol. The predicted octanol–water partition coefficient (Wildman–Crippen LogP) is 3.82. The highest BCUT2D eigenvalue weighted by molar-refractivity contribution is 7.90. The summed E-state index contributed by atoms with van der Waals surface area (Å²) < 4.78 is 88.7. The Morgan fingerprint density at radius 3 is 2.58 bits per heavy atom. The highest BCUT2D eigenvalue weighted by Gasteiger charge is 2.65. The highest BCUT2D eigenvalue weighted by Crippen LogP contribution is 2.59. The zero-order valence-electron chi connectivity index (χ0n) is 19.8. The molecule has 2 unspecified atom stereocenters. The maximum absolute atomic E-state index is 13.7. The van der Waals surface area contributed by atoms with Crippen LogP contribution in [0.25, 0.3) is 0 Å². The summed E-state index contributed by atoms with van der Waals surface area (Å²) >= 11 is 0. The maximum Gasteiger partial charge on any atom is 0.281 e. The number of ether oxygens (including phenoxy) is 1. The number of hydrogen-bond acceptors (Lipinski definition) is 7. The second kappa shape index (κ2) is 7.90. The fourth-order valence-electron chi connectivity index (χ4n) is 4.90. The van der Waals surface area contributed by atoms with E-state index in [0.717, 1.165) is 19.2 Å². The Hall–Kier alpha value is -2.70. The lowest BCUT2D eigenvalue weighted by Crippen LogP contribution is -2.35. The van der Waals surface area contributed by atoms with E-state index in [1.807, 2.05) is 0 Å². The number of carbonyl (C=O) groups excluding carboxylic acids is 1. The van der Waals surface area contributed by atoms with Crippen LogP contribution in [-0.4, -0.2) is 66.7 Å². The Morgan fingerprint density at radius 1 is 1.28 bits per heavy atom. The Bertz CT molecular complexity index is 1320. The van der Waals surface area contributed by atoms with Crippen molar-refractivity contribution in [2.45, 2.75) is 67.3 Å². The number of piperidine rings is 1. The van der Waals surface area contributed by atoms with Crippen molar-refractivity contribution in [2.24, 2.45) is 5.92 Å². The third-order valence-corrected chi connectivity index (χ3v) is 8.50. The van der Waals surface area contributed by atoms with Gasteiger partial charge in [-0.25, -0.2) is 26.0 Å². The topological polar surface area (TPSA) is 103 Å². The molecule has 0 bridgehead atoms. The molecule has 1 aromatic carbocycles. The standard InChI is InChI=1S/C23H25F4N3O5S/c1-12(21(2,24)25)34-17-5-4-15(36(3,32)33)6-16(17)19(31)30-10-14-9-22(14,11-30)20-28-18(35-29-20)13-7-23(26,27)8-13/h4-6,12-14H,7-11H2,1-3H3/t12-,14?,22?/m0/s1. The lowest BCUT2D eigenvalue weighted by molar-refractivity contribution is -0.0925. The number of sulfone groups is 1. The predicted molar refractivity (Wildman–Crippen MR) is 117 cm³/mol. The van der Waals surface area contributed by atoms with Gasteiger partial charge in [0.25, 0.3) is 11.8 Å². The van der Waals surface area contributed by atoms with Gasteiger partial charge in [-0.15, -0.1) is 0 Å². The first-order valence-corrected chi connectivity index (χ1v) is 13.4. The average molecular weight is 532 g/mol. The van der Waals surface area contributed by atoms with Crippen molar-refractivity contribution in [3.8, 4) is 5.75 Å². The summed E-state index contributed by atoms with van der Waals surface area (Å²) in [6.07, 6.45) is -0.591. The van der Waals surface area contributed by atoms with Crippen molar-refractivity contribution in [3.63, 3.8) is 0 Å². The smallest absolute Gasteiger partial charge is 0.281 e. The number of halogens is 4. The molecule has 0 spiro atoms. The molecule has 2 saturated carbocycles. The molecule has 36 heavy (non-hydrogen) atoms. The van der Waals surface area contributed by atoms with Crippen LogP contribution in [0.3, 0.4) is 0 Å². The van der Waals surface area contributed by atoms with Crippen LogP contribution in [0.5, 0.6) is 5.75 Å². The molecule has 1 aliphatic heterocycles. The molecule has 1 saturated heterocycles. The van der Waals surface area contributed by atoms with Gasteiger partial charge in [0.2, 0.25) is 11.8 Å². The number of fused-ring (bicyclic) bond motifs is 1. The number of carbonyl (C=O) groups is 1. The third-order valence-electron chi connectivity index (χ3n) is 7.39. The van der Waals surface area contributed by atoms with Gasteiger partial charge in [0, 0.05) is 45.0 Å². The number of amides is 1. The summed E-state index contributed by atoms with van der Waals surface area (Å²) in [7, 11) is -3.68. The molecular formula is C23H25F4N3O5S. The Morgan fingerprint density at radius 2 is 1.97 bits per heavy atom. The van der Waals surface area contributed by atoms with Gasteiger partial charge in [0.05, 0.1) is 15.9 Å². The number of benzene rings is 1. The van der Waals surface area contributed by atoms with Gasteiger partial charge in [-0.05, 0) is 37.5 Å². The summed E-state index contributed by atoms with van der Waals surface area (Å²) in [6.45, 7) is 2.35. The van der Waals surface area contributed by atoms with Crippen LogP contribution in [-0.2, 0) is 15.3 Å². The van der Waals surface area contributed by atoms with Crippen LogP contribution in [0.4, 0.5) is 17.6 Å². The van der Waals surface area contributed by atoms with E-state index in [4.69, 9.17) is 9.26 Å². The van der Waals surface area contributed by atoms with Gasteiger partial charge in [0.15, 0.2) is 21.8 Å². The van der Waals surface area contributed by atoms with Crippen LogP contribution in [0.1, 0.15) is 61.1 Å². The largest absolute Gasteiger partial charge is 0.484 e. The molecule has 13 heteroatoms. The van der Waals surface area contributed by atoms with Crippen molar-refractivity contribution in [3.05, 3.63) is 35.5 Å². The SMILES string of the molecule is C[C@H](Oc1ccc(S(C)(=O)=O)cc1C(=O)N1CC2CC2(c2noc(C3CC(F)(F)C3)n2)C1)C(C)(F)F. The summed E-state index contributed by atoms with van der Waals surface area (Å²) in [5, 5.41) is 4.00. The van der Waals surface area contributed by atoms with E-state index in [0.29, 0.717) is 25.7 Å². The molecule has 0 N–H and O–H groups in total. The fraction of sp³-hybridized carbons (Fsp3) is 0.609. The minimum atomic E-state index is -3.68. The van der Waals surface area contributed by atoms with Crippen LogP contribution < -0.4 is 4.74 Å². The number of alkyl halides is 4. The van der Waals surface area contributed by atoms with Crippen LogP contribution >= 0.6 is 0 Å². The molecule has 3 fully saturated rings. The summed E-state index contributed by atoms with van der Waals surface area (Å²) in [6, 6.07) is 3.54. The van der Waals surface area contributed by atoms with E-state index >= 15 is 0 Å². The van der Waals surface area contributed by atoms with Gasteiger partial charge < -0.3 is 14.2 Å². The van der Waals surface area contributed by atoms with Crippen molar-refractivity contribution in [1.29, 1.82) is 0 Å². The molecule has 3 aliphatic rings. The Kier molecular flexibility index (Phi) is 5.48. The second-order valence-electron chi connectivity index (χ2n) is 10.3. The second-order valence-corrected chi connectivity index (χ2v) is 12.3. The van der Waals surface area contributed by atoms with Crippen LogP contribution in [0.15, 0.2) is 27.6 Å². The number of nitrogens with zero attached hydrogens (tertiary/aromatic N) is 3. The lowest BCUT2D eigenvalue weighted by Gasteiger charge is -2.32. The summed E-state index contributed by atoms with van der Waals surface area (Å²) in [5.74, 6) is -6.62. The normalized spacial score (nSPS) is 26.3. The molecule has 3 atom stereocenters. The number of rotatable bonds is 7. The number of aromatic nitrogens is 2. The third kappa shape index (κ3) is 4.35. The summed E-state index contributed by atoms with van der Waals surface area (Å²) in [4.78, 5) is 19.2. The monoisotopic (exact) mass is 531 g/mol. The molecule has 2 heterocycles. The quantitative estimate of drug-likeness (QED) is 0.501. The van der Waals surface area contributed by atoms with Gasteiger partial charge in [-0.1, -0.05) is 5.16 Å². The first-order valence-electron chi connectivity index (χ1n) is 11.5. The van der Waals surface area contributed by atoms with Gasteiger partial charge >= 0.3 is 0 Å². The molecule has 2 aliphatic carbocycles. The first-order chi connectivity index (χ1) is 16.6. The molecule has 8 nitrogen and oxygen atoms in total. The minimum Gasteiger partial charge on any atom is -0.484 e. The molecule has 1 amide bonds. The van der Waals surface area contributed by atoms with E-state index in [1.165, 1.54) is 17.0 Å². The molecule has 5 rings (SSSR count). The Balaban J connectivity index is 1.38. The summed E-state index contributed by atoms with van der Waals surface area (Å²) in [5.41, 5.74) is -0.723. The van der Waals surface area contributed by atoms with Crippen molar-refractivity contribution in [1.82, 2.24) is 15.0 Å². The first kappa shape index (κ1) is 25.0. The molecule has 2 aromatic rings. The van der Waals surface area contributed by atoms with Gasteiger partial charge in [0.1, 0.15) is 5.75 Å². The van der Waals surface area contributed by atoms with E-state index in [-0.39, 0.29) is 47.4 Å². The Labute approximate surface area is 204 Å². The lowest BCUT2D eigenvalue weighted by atomic mass is 9.81. The molecule has 1 aromatic heterocycles. The minimum absolute atomic E-state index is 0.0103. The molecule has 0 radical (unpaired) electrons. The van der Waals surface area contributed by atoms with E-state index < -0.39 is 45.0 Å². The zero-order chi connectivity index (χ0) is 26.3. The van der Waals surface area contributed by atoms with Crippen molar-refractivity contribution in [2.75, 3.05) is 19.3 Å². The fourth-order valence-corrected chi connectivity index (χ4v) is 5.54. The average Bonchev–Trinajstić information content (AvgIpc) is 3.11.